The third-order valence-electron chi connectivity index (χ3n) is 5.17. The first-order valence-corrected chi connectivity index (χ1v) is 8.00. The Labute approximate surface area is 128 Å². The van der Waals surface area contributed by atoms with Gasteiger partial charge in [-0.3, -0.25) is 0 Å². The molecule has 0 radical (unpaired) electrons. The maximum Gasteiger partial charge on any atom is 0.0390 e. The van der Waals surface area contributed by atoms with Crippen LogP contribution in [0.5, 0.6) is 0 Å². The van der Waals surface area contributed by atoms with E-state index in [1.807, 2.05) is 0 Å². The molecule has 2 aromatic carbocycles. The van der Waals surface area contributed by atoms with Gasteiger partial charge in [0, 0.05) is 11.5 Å². The number of benzene rings is 2. The Morgan fingerprint density at radius 3 is 2.19 bits per heavy atom. The lowest BCUT2D eigenvalue weighted by Crippen LogP contribution is -2.34. The standard InChI is InChI=1S/C20H25N/c1-20(2,16-11-4-3-5-12-16)19(21)18-14-7-6-13-17(18)15-9-8-10-15/h3-7,11-15,19H,8-10,21H2,1-2H3. The molecule has 2 aromatic rings. The quantitative estimate of drug-likeness (QED) is 0.843. The van der Waals surface area contributed by atoms with Gasteiger partial charge < -0.3 is 5.73 Å². The minimum atomic E-state index is -0.0683. The molecule has 110 valence electrons. The van der Waals surface area contributed by atoms with Gasteiger partial charge >= 0.3 is 0 Å². The Morgan fingerprint density at radius 2 is 1.57 bits per heavy atom. The molecule has 2 N–H and O–H groups in total. The highest BCUT2D eigenvalue weighted by atomic mass is 14.7. The van der Waals surface area contributed by atoms with Gasteiger partial charge in [0.15, 0.2) is 0 Å². The van der Waals surface area contributed by atoms with Crippen molar-refractivity contribution < 1.29 is 0 Å². The molecule has 0 aromatic heterocycles. The van der Waals surface area contributed by atoms with Crippen LogP contribution in [-0.4, -0.2) is 0 Å². The van der Waals surface area contributed by atoms with Gasteiger partial charge in [0.1, 0.15) is 0 Å². The van der Waals surface area contributed by atoms with Crippen LogP contribution in [0.25, 0.3) is 0 Å². The minimum Gasteiger partial charge on any atom is -0.323 e. The Kier molecular flexibility index (Phi) is 3.86. The highest BCUT2D eigenvalue weighted by Gasteiger charge is 2.33. The van der Waals surface area contributed by atoms with Crippen LogP contribution in [0.3, 0.4) is 0 Å². The number of nitrogens with two attached hydrogens (primary N) is 1. The summed E-state index contributed by atoms with van der Waals surface area (Å²) >= 11 is 0. The minimum absolute atomic E-state index is 0.0247. The highest BCUT2D eigenvalue weighted by molar-refractivity contribution is 5.38. The summed E-state index contributed by atoms with van der Waals surface area (Å²) in [6, 6.07) is 19.4. The monoisotopic (exact) mass is 279 g/mol. The molecule has 1 saturated carbocycles. The van der Waals surface area contributed by atoms with E-state index in [0.29, 0.717) is 0 Å². The average molecular weight is 279 g/mol. The fourth-order valence-corrected chi connectivity index (χ4v) is 3.32. The van der Waals surface area contributed by atoms with Crippen molar-refractivity contribution in [3.63, 3.8) is 0 Å². The van der Waals surface area contributed by atoms with E-state index in [1.54, 1.807) is 0 Å². The van der Waals surface area contributed by atoms with E-state index >= 15 is 0 Å². The second-order valence-corrected chi connectivity index (χ2v) is 6.82. The first kappa shape index (κ1) is 14.3. The smallest absolute Gasteiger partial charge is 0.0390 e. The van der Waals surface area contributed by atoms with E-state index < -0.39 is 0 Å². The maximum atomic E-state index is 6.72. The Morgan fingerprint density at radius 1 is 0.952 bits per heavy atom. The molecule has 1 nitrogen and oxygen atoms in total. The third kappa shape index (κ3) is 2.63. The summed E-state index contributed by atoms with van der Waals surface area (Å²) in [5.41, 5.74) is 10.8. The molecule has 1 heteroatoms. The molecule has 0 aliphatic heterocycles. The zero-order valence-corrected chi connectivity index (χ0v) is 13.0. The fourth-order valence-electron chi connectivity index (χ4n) is 3.32. The molecule has 1 atom stereocenters. The molecule has 0 bridgehead atoms. The van der Waals surface area contributed by atoms with E-state index in [-0.39, 0.29) is 11.5 Å². The van der Waals surface area contributed by atoms with Gasteiger partial charge in [-0.05, 0) is 35.4 Å². The van der Waals surface area contributed by atoms with Gasteiger partial charge in [-0.2, -0.15) is 0 Å². The Hall–Kier alpha value is -1.60. The molecular formula is C20H25N. The lowest BCUT2D eigenvalue weighted by atomic mass is 9.71. The molecule has 1 unspecified atom stereocenters. The van der Waals surface area contributed by atoms with Crippen molar-refractivity contribution in [1.29, 1.82) is 0 Å². The summed E-state index contributed by atoms with van der Waals surface area (Å²) < 4.78 is 0. The van der Waals surface area contributed by atoms with Crippen molar-refractivity contribution in [2.24, 2.45) is 5.73 Å². The van der Waals surface area contributed by atoms with E-state index in [0.717, 1.165) is 5.92 Å². The second kappa shape index (κ2) is 5.65. The predicted octanol–water partition coefficient (Wildman–Crippen LogP) is 4.93. The average Bonchev–Trinajstić information content (AvgIpc) is 2.46. The molecule has 0 spiro atoms. The molecule has 0 amide bonds. The predicted molar refractivity (Wildman–Crippen MR) is 89.4 cm³/mol. The van der Waals surface area contributed by atoms with Crippen LogP contribution in [0.2, 0.25) is 0 Å². The first-order chi connectivity index (χ1) is 10.1. The van der Waals surface area contributed by atoms with Gasteiger partial charge in [0.25, 0.3) is 0 Å². The Balaban J connectivity index is 1.96. The molecule has 1 aliphatic carbocycles. The van der Waals surface area contributed by atoms with Gasteiger partial charge in [-0.25, -0.2) is 0 Å². The van der Waals surface area contributed by atoms with Crippen LogP contribution in [0.1, 0.15) is 61.8 Å². The molecule has 0 heterocycles. The summed E-state index contributed by atoms with van der Waals surface area (Å²) in [4.78, 5) is 0. The number of hydrogen-bond donors (Lipinski definition) is 1. The lowest BCUT2D eigenvalue weighted by molar-refractivity contribution is 0.391. The van der Waals surface area contributed by atoms with Gasteiger partial charge in [-0.1, -0.05) is 74.9 Å². The van der Waals surface area contributed by atoms with E-state index in [1.165, 1.54) is 36.0 Å². The van der Waals surface area contributed by atoms with Crippen molar-refractivity contribution >= 4 is 0 Å². The van der Waals surface area contributed by atoms with Crippen LogP contribution in [0.15, 0.2) is 54.6 Å². The zero-order chi connectivity index (χ0) is 14.9. The van der Waals surface area contributed by atoms with Crippen molar-refractivity contribution in [2.45, 2.75) is 50.5 Å². The normalized spacial score (nSPS) is 17.3. The first-order valence-electron chi connectivity index (χ1n) is 8.00. The fraction of sp³-hybridized carbons (Fsp3) is 0.400. The lowest BCUT2D eigenvalue weighted by Gasteiger charge is -2.36. The topological polar surface area (TPSA) is 26.0 Å². The van der Waals surface area contributed by atoms with E-state index in [4.69, 9.17) is 5.73 Å². The van der Waals surface area contributed by atoms with Gasteiger partial charge in [0.05, 0.1) is 0 Å². The summed E-state index contributed by atoms with van der Waals surface area (Å²) in [6.07, 6.45) is 3.99. The summed E-state index contributed by atoms with van der Waals surface area (Å²) in [5, 5.41) is 0. The van der Waals surface area contributed by atoms with Crippen LogP contribution < -0.4 is 5.73 Å². The number of rotatable bonds is 4. The van der Waals surface area contributed by atoms with Crippen LogP contribution in [0, 0.1) is 0 Å². The summed E-state index contributed by atoms with van der Waals surface area (Å²) in [6.45, 7) is 4.51. The zero-order valence-electron chi connectivity index (χ0n) is 13.0. The van der Waals surface area contributed by atoms with Crippen molar-refractivity contribution in [2.75, 3.05) is 0 Å². The van der Waals surface area contributed by atoms with E-state index in [9.17, 15) is 0 Å². The SMILES string of the molecule is CC(C)(c1ccccc1)C(N)c1ccccc1C1CCC1. The van der Waals surface area contributed by atoms with Crippen LogP contribution >= 0.6 is 0 Å². The molecule has 1 fully saturated rings. The third-order valence-corrected chi connectivity index (χ3v) is 5.17. The largest absolute Gasteiger partial charge is 0.323 e. The van der Waals surface area contributed by atoms with Crippen LogP contribution in [-0.2, 0) is 5.41 Å². The van der Waals surface area contributed by atoms with Crippen molar-refractivity contribution in [3.05, 3.63) is 71.3 Å². The molecule has 0 saturated heterocycles. The van der Waals surface area contributed by atoms with Crippen molar-refractivity contribution in [1.82, 2.24) is 0 Å². The molecular weight excluding hydrogens is 254 g/mol. The number of hydrogen-bond acceptors (Lipinski definition) is 1. The maximum absolute atomic E-state index is 6.72. The Bertz CT molecular complexity index is 596. The summed E-state index contributed by atoms with van der Waals surface area (Å²) in [5.74, 6) is 0.721. The summed E-state index contributed by atoms with van der Waals surface area (Å²) in [7, 11) is 0. The van der Waals surface area contributed by atoms with Crippen molar-refractivity contribution in [3.8, 4) is 0 Å². The van der Waals surface area contributed by atoms with Crippen LogP contribution in [0.4, 0.5) is 0 Å². The van der Waals surface area contributed by atoms with Gasteiger partial charge in [0.2, 0.25) is 0 Å². The molecule has 3 rings (SSSR count). The van der Waals surface area contributed by atoms with Gasteiger partial charge in [-0.15, -0.1) is 0 Å². The highest BCUT2D eigenvalue weighted by Crippen LogP contribution is 2.43. The second-order valence-electron chi connectivity index (χ2n) is 6.82. The molecule has 21 heavy (non-hydrogen) atoms. The molecule has 1 aliphatic rings. The van der Waals surface area contributed by atoms with E-state index in [2.05, 4.69) is 68.4 Å².